The molecule has 0 aliphatic carbocycles. The zero-order valence-corrected chi connectivity index (χ0v) is 15.0. The molecule has 6 heteroatoms. The highest BCUT2D eigenvalue weighted by atomic mass is 35.5. The number of rotatable bonds is 3. The fourth-order valence-corrected chi connectivity index (χ4v) is 5.51. The fraction of sp³-hybridized carbons (Fsp3) is 0.333. The Hall–Kier alpha value is -1.56. The Kier molecular flexibility index (Phi) is 3.82. The Bertz CT molecular complexity index is 850. The molecule has 0 spiro atoms. The standard InChI is InChI=1S/C18H19ClN2O2S/c1-13-2-8-18(9-3-13)24(22,23)21-12-16-10-17(21)11-20(16)15-6-4-14(19)5-7-15/h2-9,16-17H,10-12H2,1H3. The molecule has 2 bridgehead atoms. The number of hydrogen-bond acceptors (Lipinski definition) is 3. The maximum atomic E-state index is 12.9. The molecule has 24 heavy (non-hydrogen) atoms. The van der Waals surface area contributed by atoms with Crippen molar-refractivity contribution in [3.8, 4) is 0 Å². The van der Waals surface area contributed by atoms with Gasteiger partial charge in [0.2, 0.25) is 10.0 Å². The number of hydrogen-bond donors (Lipinski definition) is 0. The van der Waals surface area contributed by atoms with Gasteiger partial charge in [-0.2, -0.15) is 4.31 Å². The summed E-state index contributed by atoms with van der Waals surface area (Å²) in [6.07, 6.45) is 0.883. The molecular formula is C18H19ClN2O2S. The molecule has 4 rings (SSSR count). The first-order chi connectivity index (χ1) is 11.4. The van der Waals surface area contributed by atoms with Crippen molar-refractivity contribution in [1.82, 2.24) is 4.31 Å². The summed E-state index contributed by atoms with van der Waals surface area (Å²) in [7, 11) is -3.41. The highest BCUT2D eigenvalue weighted by Crippen LogP contribution is 2.37. The maximum Gasteiger partial charge on any atom is 0.243 e. The van der Waals surface area contributed by atoms with Gasteiger partial charge in [-0.3, -0.25) is 0 Å². The number of halogens is 1. The van der Waals surface area contributed by atoms with Crippen molar-refractivity contribution in [2.45, 2.75) is 30.3 Å². The molecule has 2 aromatic carbocycles. The molecule has 2 heterocycles. The van der Waals surface area contributed by atoms with Gasteiger partial charge in [-0.05, 0) is 49.7 Å². The number of benzene rings is 2. The third-order valence-electron chi connectivity index (χ3n) is 4.98. The SMILES string of the molecule is Cc1ccc(S(=O)(=O)N2CC3CC2CN3c2ccc(Cl)cc2)cc1. The Balaban J connectivity index is 1.55. The van der Waals surface area contributed by atoms with Gasteiger partial charge in [0.05, 0.1) is 4.90 Å². The molecule has 2 aliphatic heterocycles. The minimum Gasteiger partial charge on any atom is -0.366 e. The average molecular weight is 363 g/mol. The van der Waals surface area contributed by atoms with E-state index in [9.17, 15) is 8.42 Å². The molecule has 0 radical (unpaired) electrons. The molecule has 2 aliphatic rings. The highest BCUT2D eigenvalue weighted by Gasteiger charge is 2.48. The van der Waals surface area contributed by atoms with Crippen LogP contribution in [-0.2, 0) is 10.0 Å². The third kappa shape index (κ3) is 2.61. The van der Waals surface area contributed by atoms with Gasteiger partial charge < -0.3 is 4.90 Å². The van der Waals surface area contributed by atoms with Gasteiger partial charge in [-0.15, -0.1) is 0 Å². The van der Waals surface area contributed by atoms with E-state index in [0.717, 1.165) is 24.2 Å². The van der Waals surface area contributed by atoms with Crippen LogP contribution >= 0.6 is 11.6 Å². The molecule has 0 saturated carbocycles. The summed E-state index contributed by atoms with van der Waals surface area (Å²) < 4.78 is 27.5. The predicted molar refractivity (Wildman–Crippen MR) is 96.1 cm³/mol. The van der Waals surface area contributed by atoms with Crippen molar-refractivity contribution in [2.24, 2.45) is 0 Å². The van der Waals surface area contributed by atoms with Crippen LogP contribution in [0.3, 0.4) is 0 Å². The normalized spacial score (nSPS) is 23.8. The summed E-state index contributed by atoms with van der Waals surface area (Å²) in [4.78, 5) is 2.68. The minimum atomic E-state index is -3.41. The van der Waals surface area contributed by atoms with Crippen LogP contribution < -0.4 is 4.90 Å². The monoisotopic (exact) mass is 362 g/mol. The van der Waals surface area contributed by atoms with Gasteiger partial charge in [0.25, 0.3) is 0 Å². The van der Waals surface area contributed by atoms with Crippen molar-refractivity contribution in [3.63, 3.8) is 0 Å². The molecule has 126 valence electrons. The average Bonchev–Trinajstić information content (AvgIpc) is 3.17. The van der Waals surface area contributed by atoms with Crippen molar-refractivity contribution in [3.05, 3.63) is 59.1 Å². The van der Waals surface area contributed by atoms with Crippen LogP contribution in [0.4, 0.5) is 5.69 Å². The van der Waals surface area contributed by atoms with Crippen LogP contribution in [0.15, 0.2) is 53.4 Å². The molecule has 2 unspecified atom stereocenters. The van der Waals surface area contributed by atoms with Crippen molar-refractivity contribution < 1.29 is 8.42 Å². The second-order valence-electron chi connectivity index (χ2n) is 6.56. The number of anilines is 1. The topological polar surface area (TPSA) is 40.6 Å². The van der Waals surface area contributed by atoms with E-state index in [2.05, 4.69) is 4.90 Å². The van der Waals surface area contributed by atoms with Crippen LogP contribution in [0, 0.1) is 6.92 Å². The summed E-state index contributed by atoms with van der Waals surface area (Å²) >= 11 is 5.95. The zero-order valence-electron chi connectivity index (χ0n) is 13.4. The fourth-order valence-electron chi connectivity index (χ4n) is 3.72. The first-order valence-corrected chi connectivity index (χ1v) is 9.88. The van der Waals surface area contributed by atoms with Crippen LogP contribution in [0.25, 0.3) is 0 Å². The first kappa shape index (κ1) is 15.9. The lowest BCUT2D eigenvalue weighted by molar-refractivity contribution is 0.368. The number of aryl methyl sites for hydroxylation is 1. The number of piperazine rings is 1. The van der Waals surface area contributed by atoms with Crippen LogP contribution in [0.1, 0.15) is 12.0 Å². The largest absolute Gasteiger partial charge is 0.366 e. The maximum absolute atomic E-state index is 12.9. The van der Waals surface area contributed by atoms with Gasteiger partial charge in [-0.1, -0.05) is 29.3 Å². The summed E-state index contributed by atoms with van der Waals surface area (Å²) in [5.41, 5.74) is 2.17. The van der Waals surface area contributed by atoms with Gasteiger partial charge in [0, 0.05) is 35.9 Å². The van der Waals surface area contributed by atoms with E-state index in [1.165, 1.54) is 0 Å². The van der Waals surface area contributed by atoms with Crippen molar-refractivity contribution in [2.75, 3.05) is 18.0 Å². The molecule has 0 amide bonds. The molecule has 0 N–H and O–H groups in total. The van der Waals surface area contributed by atoms with E-state index in [1.807, 2.05) is 43.3 Å². The molecule has 0 aromatic heterocycles. The molecular weight excluding hydrogens is 344 g/mol. The zero-order chi connectivity index (χ0) is 16.9. The Labute approximate surface area is 147 Å². The molecule has 2 saturated heterocycles. The van der Waals surface area contributed by atoms with Gasteiger partial charge in [-0.25, -0.2) is 8.42 Å². The minimum absolute atomic E-state index is 0.0389. The molecule has 2 atom stereocenters. The van der Waals surface area contributed by atoms with Crippen LogP contribution in [0.5, 0.6) is 0 Å². The number of nitrogens with zero attached hydrogens (tertiary/aromatic N) is 2. The lowest BCUT2D eigenvalue weighted by Crippen LogP contribution is -2.48. The van der Waals surface area contributed by atoms with E-state index >= 15 is 0 Å². The Morgan fingerprint density at radius 3 is 2.21 bits per heavy atom. The summed E-state index contributed by atoms with van der Waals surface area (Å²) in [5.74, 6) is 0. The third-order valence-corrected chi connectivity index (χ3v) is 7.16. The first-order valence-electron chi connectivity index (χ1n) is 8.06. The van der Waals surface area contributed by atoms with E-state index in [4.69, 9.17) is 11.6 Å². The molecule has 2 aromatic rings. The highest BCUT2D eigenvalue weighted by molar-refractivity contribution is 7.89. The van der Waals surface area contributed by atoms with Gasteiger partial charge >= 0.3 is 0 Å². The Morgan fingerprint density at radius 2 is 1.62 bits per heavy atom. The second-order valence-corrected chi connectivity index (χ2v) is 8.89. The van der Waals surface area contributed by atoms with Crippen molar-refractivity contribution >= 4 is 27.3 Å². The number of sulfonamides is 1. The Morgan fingerprint density at radius 1 is 0.958 bits per heavy atom. The lowest BCUT2D eigenvalue weighted by Gasteiger charge is -2.35. The molecule has 2 fully saturated rings. The predicted octanol–water partition coefficient (Wildman–Crippen LogP) is 3.30. The van der Waals surface area contributed by atoms with E-state index in [1.54, 1.807) is 16.4 Å². The van der Waals surface area contributed by atoms with E-state index < -0.39 is 10.0 Å². The van der Waals surface area contributed by atoms with Gasteiger partial charge in [0.15, 0.2) is 0 Å². The number of fused-ring (bicyclic) bond motifs is 2. The summed E-state index contributed by atoms with van der Waals surface area (Å²) in [6, 6.07) is 15.1. The summed E-state index contributed by atoms with van der Waals surface area (Å²) in [5, 5.41) is 0.715. The lowest BCUT2D eigenvalue weighted by atomic mass is 10.2. The quantitative estimate of drug-likeness (QED) is 0.841. The van der Waals surface area contributed by atoms with Crippen LogP contribution in [0.2, 0.25) is 5.02 Å². The van der Waals surface area contributed by atoms with Gasteiger partial charge in [0.1, 0.15) is 0 Å². The van der Waals surface area contributed by atoms with Crippen molar-refractivity contribution in [1.29, 1.82) is 0 Å². The smallest absolute Gasteiger partial charge is 0.243 e. The second kappa shape index (κ2) is 5.76. The van der Waals surface area contributed by atoms with E-state index in [-0.39, 0.29) is 12.1 Å². The summed E-state index contributed by atoms with van der Waals surface area (Å²) in [6.45, 7) is 3.24. The van der Waals surface area contributed by atoms with E-state index in [0.29, 0.717) is 16.5 Å². The van der Waals surface area contributed by atoms with Crippen LogP contribution in [-0.4, -0.2) is 37.9 Å². The molecule has 4 nitrogen and oxygen atoms in total.